The number of pyridine rings is 1. The fraction of sp³-hybridized carbons (Fsp3) is 0.682. The molecule has 1 saturated carbocycles. The van der Waals surface area contributed by atoms with Gasteiger partial charge in [-0.15, -0.1) is 0 Å². The maximum atomic E-state index is 12.6. The minimum atomic E-state index is -5.08. The Kier molecular flexibility index (Phi) is 8.10. The van der Waals surface area contributed by atoms with Gasteiger partial charge in [-0.25, -0.2) is 4.79 Å². The predicted molar refractivity (Wildman–Crippen MR) is 108 cm³/mol. The number of aliphatic carboxylic acids is 1. The van der Waals surface area contributed by atoms with E-state index >= 15 is 0 Å². The number of alkyl halides is 3. The number of carboxylic acid groups (broad SMARTS) is 1. The van der Waals surface area contributed by atoms with Gasteiger partial charge in [-0.3, -0.25) is 9.78 Å². The average molecular weight is 458 g/mol. The van der Waals surface area contributed by atoms with Crippen LogP contribution < -0.4 is 0 Å². The van der Waals surface area contributed by atoms with Gasteiger partial charge in [0.05, 0.1) is 13.2 Å². The van der Waals surface area contributed by atoms with Gasteiger partial charge in [-0.1, -0.05) is 6.07 Å². The number of carbonyl (C=O) groups excluding carboxylic acids is 1. The average Bonchev–Trinajstić information content (AvgIpc) is 3.60. The van der Waals surface area contributed by atoms with E-state index in [1.165, 1.54) is 12.8 Å². The van der Waals surface area contributed by atoms with E-state index in [0.29, 0.717) is 11.6 Å². The summed E-state index contributed by atoms with van der Waals surface area (Å²) in [5, 5.41) is 7.12. The summed E-state index contributed by atoms with van der Waals surface area (Å²) >= 11 is 0. The van der Waals surface area contributed by atoms with Crippen molar-refractivity contribution in [3.05, 3.63) is 30.1 Å². The van der Waals surface area contributed by atoms with Crippen LogP contribution in [0.1, 0.15) is 42.6 Å². The summed E-state index contributed by atoms with van der Waals surface area (Å²) in [5.74, 6) is -1.43. The Morgan fingerprint density at radius 3 is 2.44 bits per heavy atom. The van der Waals surface area contributed by atoms with Gasteiger partial charge in [0.2, 0.25) is 0 Å². The number of hydrogen-bond acceptors (Lipinski definition) is 5. The molecule has 10 heteroatoms. The first-order valence-corrected chi connectivity index (χ1v) is 10.9. The maximum Gasteiger partial charge on any atom is 0.490 e. The molecule has 1 spiro atoms. The summed E-state index contributed by atoms with van der Waals surface area (Å²) in [4.78, 5) is 27.7. The summed E-state index contributed by atoms with van der Waals surface area (Å²) in [5.41, 5.74) is 0.831. The smallest absolute Gasteiger partial charge is 0.475 e. The third-order valence-electron chi connectivity index (χ3n) is 6.47. The third kappa shape index (κ3) is 6.65. The summed E-state index contributed by atoms with van der Waals surface area (Å²) in [6.07, 6.45) is 2.45. The molecule has 3 fully saturated rings. The molecule has 2 aliphatic heterocycles. The van der Waals surface area contributed by atoms with Crippen molar-refractivity contribution in [3.8, 4) is 0 Å². The molecular formula is C22H29F3N2O5. The van der Waals surface area contributed by atoms with E-state index in [9.17, 15) is 18.0 Å². The van der Waals surface area contributed by atoms with Crippen molar-refractivity contribution in [2.45, 2.75) is 38.3 Å². The van der Waals surface area contributed by atoms with E-state index in [2.05, 4.69) is 4.98 Å². The fourth-order valence-electron chi connectivity index (χ4n) is 4.23. The van der Waals surface area contributed by atoms with Crippen LogP contribution in [0.4, 0.5) is 13.2 Å². The Hall–Kier alpha value is -2.20. The van der Waals surface area contributed by atoms with Gasteiger partial charge in [0.1, 0.15) is 5.69 Å². The Labute approximate surface area is 184 Å². The standard InChI is InChI=1S/C20H28N2O3.C2HF3O2/c23-19(18-3-1-2-9-21-18)22-10-6-20(7-11-22)8-12-24-14-17(20)15-25-13-16-4-5-16;3-2(4,5)1(6)7/h1-3,9,16-17H,4-8,10-15H2;(H,6,7). The van der Waals surface area contributed by atoms with Crippen molar-refractivity contribution in [1.29, 1.82) is 0 Å². The first-order chi connectivity index (χ1) is 15.2. The highest BCUT2D eigenvalue weighted by molar-refractivity contribution is 5.92. The number of nitrogens with zero attached hydrogens (tertiary/aromatic N) is 2. The lowest BCUT2D eigenvalue weighted by Crippen LogP contribution is -2.50. The lowest BCUT2D eigenvalue weighted by molar-refractivity contribution is -0.192. The predicted octanol–water partition coefficient (Wildman–Crippen LogP) is 3.40. The number of carboxylic acids is 1. The topological polar surface area (TPSA) is 89.0 Å². The van der Waals surface area contributed by atoms with E-state index in [-0.39, 0.29) is 11.3 Å². The van der Waals surface area contributed by atoms with Crippen LogP contribution in [0, 0.1) is 17.3 Å². The highest BCUT2D eigenvalue weighted by Gasteiger charge is 2.44. The van der Waals surface area contributed by atoms with Crippen molar-refractivity contribution in [1.82, 2.24) is 9.88 Å². The second-order valence-corrected chi connectivity index (χ2v) is 8.68. The molecule has 0 bridgehead atoms. The van der Waals surface area contributed by atoms with Crippen LogP contribution in [-0.4, -0.2) is 72.6 Å². The zero-order valence-electron chi connectivity index (χ0n) is 17.9. The second-order valence-electron chi connectivity index (χ2n) is 8.68. The molecule has 3 aliphatic rings. The van der Waals surface area contributed by atoms with Crippen LogP contribution in [-0.2, 0) is 14.3 Å². The lowest BCUT2D eigenvalue weighted by Gasteiger charge is -2.49. The molecule has 0 radical (unpaired) electrons. The number of amides is 1. The van der Waals surface area contributed by atoms with Crippen LogP contribution in [0.15, 0.2) is 24.4 Å². The highest BCUT2D eigenvalue weighted by atomic mass is 19.4. The summed E-state index contributed by atoms with van der Waals surface area (Å²) < 4.78 is 43.5. The summed E-state index contributed by atoms with van der Waals surface area (Å²) in [6.45, 7) is 5.00. The van der Waals surface area contributed by atoms with E-state index in [4.69, 9.17) is 19.4 Å². The number of likely N-dealkylation sites (tertiary alicyclic amines) is 1. The molecule has 4 rings (SSSR count). The molecule has 3 heterocycles. The maximum absolute atomic E-state index is 12.6. The Morgan fingerprint density at radius 1 is 1.19 bits per heavy atom. The molecule has 178 valence electrons. The number of carbonyl (C=O) groups is 2. The molecule has 2 saturated heterocycles. The molecule has 7 nitrogen and oxygen atoms in total. The number of hydrogen-bond donors (Lipinski definition) is 1. The van der Waals surface area contributed by atoms with Gasteiger partial charge in [0.15, 0.2) is 0 Å². The highest BCUT2D eigenvalue weighted by Crippen LogP contribution is 2.45. The van der Waals surface area contributed by atoms with E-state index in [0.717, 1.165) is 64.7 Å². The minimum Gasteiger partial charge on any atom is -0.475 e. The number of ether oxygens (including phenoxy) is 2. The number of rotatable bonds is 5. The molecule has 1 aliphatic carbocycles. The van der Waals surface area contributed by atoms with Crippen molar-refractivity contribution in [2.24, 2.45) is 17.3 Å². The molecule has 1 aromatic heterocycles. The van der Waals surface area contributed by atoms with Crippen LogP contribution in [0.5, 0.6) is 0 Å². The minimum absolute atomic E-state index is 0.0593. The van der Waals surface area contributed by atoms with Crippen LogP contribution in [0.3, 0.4) is 0 Å². The molecule has 1 unspecified atom stereocenters. The molecule has 32 heavy (non-hydrogen) atoms. The molecule has 1 N–H and O–H groups in total. The number of piperidine rings is 1. The first kappa shape index (κ1) is 24.4. The Bertz CT molecular complexity index is 763. The molecule has 1 atom stereocenters. The van der Waals surface area contributed by atoms with Crippen LogP contribution >= 0.6 is 0 Å². The van der Waals surface area contributed by atoms with Crippen LogP contribution in [0.2, 0.25) is 0 Å². The molecule has 0 aromatic carbocycles. The van der Waals surface area contributed by atoms with Crippen molar-refractivity contribution >= 4 is 11.9 Å². The van der Waals surface area contributed by atoms with Crippen LogP contribution in [0.25, 0.3) is 0 Å². The van der Waals surface area contributed by atoms with Crippen molar-refractivity contribution in [3.63, 3.8) is 0 Å². The van der Waals surface area contributed by atoms with Crippen molar-refractivity contribution in [2.75, 3.05) is 39.5 Å². The quantitative estimate of drug-likeness (QED) is 0.728. The van der Waals surface area contributed by atoms with E-state index < -0.39 is 12.1 Å². The zero-order valence-corrected chi connectivity index (χ0v) is 17.9. The second kappa shape index (κ2) is 10.6. The third-order valence-corrected chi connectivity index (χ3v) is 6.47. The Morgan fingerprint density at radius 2 is 1.88 bits per heavy atom. The SMILES string of the molecule is O=C(O)C(F)(F)F.O=C(c1ccccn1)N1CCC2(CCOCC2COCC2CC2)CC1. The number of aromatic nitrogens is 1. The fourth-order valence-corrected chi connectivity index (χ4v) is 4.23. The summed E-state index contributed by atoms with van der Waals surface area (Å²) in [6, 6.07) is 5.52. The number of halogens is 3. The molecular weight excluding hydrogens is 429 g/mol. The van der Waals surface area contributed by atoms with Gasteiger partial charge in [0, 0.05) is 38.4 Å². The summed E-state index contributed by atoms with van der Waals surface area (Å²) in [7, 11) is 0. The zero-order chi connectivity index (χ0) is 23.2. The normalized spacial score (nSPS) is 22.7. The largest absolute Gasteiger partial charge is 0.490 e. The van der Waals surface area contributed by atoms with Gasteiger partial charge in [0.25, 0.3) is 5.91 Å². The van der Waals surface area contributed by atoms with Crippen molar-refractivity contribution < 1.29 is 37.3 Å². The van der Waals surface area contributed by atoms with Gasteiger partial charge in [-0.05, 0) is 55.6 Å². The first-order valence-electron chi connectivity index (χ1n) is 10.9. The van der Waals surface area contributed by atoms with E-state index in [1.54, 1.807) is 12.3 Å². The monoisotopic (exact) mass is 458 g/mol. The molecule has 1 aromatic rings. The van der Waals surface area contributed by atoms with Gasteiger partial charge in [-0.2, -0.15) is 13.2 Å². The van der Waals surface area contributed by atoms with E-state index in [1.807, 2.05) is 17.0 Å². The van der Waals surface area contributed by atoms with Gasteiger partial charge < -0.3 is 19.5 Å². The lowest BCUT2D eigenvalue weighted by atomic mass is 9.66. The van der Waals surface area contributed by atoms with Gasteiger partial charge >= 0.3 is 12.1 Å². The Balaban J connectivity index is 0.000000360. The molecule has 1 amide bonds.